The van der Waals surface area contributed by atoms with E-state index in [1.165, 1.54) is 6.33 Å². The number of benzene rings is 1. The third-order valence-corrected chi connectivity index (χ3v) is 3.79. The van der Waals surface area contributed by atoms with Crippen LogP contribution in [0.1, 0.15) is 16.2 Å². The number of hydrogen-bond acceptors (Lipinski definition) is 3. The molecule has 0 aliphatic carbocycles. The van der Waals surface area contributed by atoms with Gasteiger partial charge >= 0.3 is 0 Å². The summed E-state index contributed by atoms with van der Waals surface area (Å²) in [4.78, 5) is 17.9. The largest absolute Gasteiger partial charge is 0.334 e. The molecule has 0 radical (unpaired) electrons. The van der Waals surface area contributed by atoms with Gasteiger partial charge in [-0.05, 0) is 40.8 Å². The summed E-state index contributed by atoms with van der Waals surface area (Å²) < 4.78 is 1.81. The van der Waals surface area contributed by atoms with Crippen LogP contribution in [0, 0.1) is 3.57 Å². The molecule has 0 aliphatic heterocycles. The molecule has 0 aliphatic rings. The molecule has 5 nitrogen and oxygen atoms in total. The Labute approximate surface area is 126 Å². The predicted molar refractivity (Wildman–Crippen MR) is 79.0 cm³/mol. The van der Waals surface area contributed by atoms with E-state index in [0.717, 1.165) is 8.04 Å². The lowest BCUT2D eigenvalue weighted by atomic mass is 10.2. The number of carbonyl (C=O) groups excluding carboxylic acids is 1. The minimum absolute atomic E-state index is 0.0444. The molecule has 0 atom stereocenters. The number of nitrogens with one attached hydrogen (secondary N) is 1. The molecule has 0 unspecified atom stereocenters. The minimum Gasteiger partial charge on any atom is -0.334 e. The highest BCUT2D eigenvalue weighted by atomic mass is 127. The molecule has 2 rings (SSSR count). The maximum atomic E-state index is 12.3. The molecule has 1 heterocycles. The first kappa shape index (κ1) is 13.5. The molecule has 1 aromatic heterocycles. The van der Waals surface area contributed by atoms with Crippen molar-refractivity contribution in [3.63, 3.8) is 0 Å². The monoisotopic (exact) mass is 420 g/mol. The number of halogens is 2. The highest BCUT2D eigenvalue weighted by Crippen LogP contribution is 2.20. The second-order valence-corrected chi connectivity index (χ2v) is 5.80. The number of H-pyrrole nitrogens is 1. The molecule has 0 saturated heterocycles. The van der Waals surface area contributed by atoms with Crippen LogP contribution in [0.25, 0.3) is 0 Å². The van der Waals surface area contributed by atoms with E-state index in [2.05, 4.69) is 53.7 Å². The molecule has 0 fully saturated rings. The normalized spacial score (nSPS) is 10.4. The highest BCUT2D eigenvalue weighted by Gasteiger charge is 2.16. The van der Waals surface area contributed by atoms with E-state index in [9.17, 15) is 4.79 Å². The van der Waals surface area contributed by atoms with Crippen molar-refractivity contribution in [1.82, 2.24) is 20.1 Å². The fourth-order valence-corrected chi connectivity index (χ4v) is 2.40. The number of hydrogen-bond donors (Lipinski definition) is 1. The third kappa shape index (κ3) is 3.08. The molecule has 18 heavy (non-hydrogen) atoms. The molecular weight excluding hydrogens is 411 g/mol. The Bertz CT molecular complexity index is 558. The number of amides is 1. The smallest absolute Gasteiger partial charge is 0.255 e. The molecule has 0 saturated carbocycles. The number of aromatic amines is 1. The summed E-state index contributed by atoms with van der Waals surface area (Å²) >= 11 is 5.52. The van der Waals surface area contributed by atoms with Crippen LogP contribution in [0.3, 0.4) is 0 Å². The predicted octanol–water partition coefficient (Wildman–Crippen LogP) is 2.44. The molecule has 94 valence electrons. The van der Waals surface area contributed by atoms with Gasteiger partial charge in [-0.25, -0.2) is 4.98 Å². The first-order valence-corrected chi connectivity index (χ1v) is 7.00. The molecule has 0 bridgehead atoms. The Morgan fingerprint density at radius 2 is 2.33 bits per heavy atom. The van der Waals surface area contributed by atoms with Gasteiger partial charge in [0, 0.05) is 15.1 Å². The molecule has 2 aromatic rings. The van der Waals surface area contributed by atoms with E-state index in [-0.39, 0.29) is 5.91 Å². The van der Waals surface area contributed by atoms with Crippen LogP contribution in [0.5, 0.6) is 0 Å². The van der Waals surface area contributed by atoms with Gasteiger partial charge in [-0.3, -0.25) is 9.89 Å². The lowest BCUT2D eigenvalue weighted by Gasteiger charge is -2.16. The average Bonchev–Trinajstić information content (AvgIpc) is 2.84. The number of rotatable bonds is 3. The van der Waals surface area contributed by atoms with E-state index in [4.69, 9.17) is 0 Å². The van der Waals surface area contributed by atoms with Gasteiger partial charge in [-0.2, -0.15) is 5.10 Å². The van der Waals surface area contributed by atoms with Crippen molar-refractivity contribution in [2.75, 3.05) is 7.05 Å². The summed E-state index contributed by atoms with van der Waals surface area (Å²) in [5, 5.41) is 6.49. The van der Waals surface area contributed by atoms with E-state index in [1.807, 2.05) is 18.2 Å². The van der Waals surface area contributed by atoms with Crippen LogP contribution in [-0.4, -0.2) is 33.0 Å². The van der Waals surface area contributed by atoms with Gasteiger partial charge in [0.1, 0.15) is 12.2 Å². The Balaban J connectivity index is 2.17. The minimum atomic E-state index is -0.0444. The van der Waals surface area contributed by atoms with Gasteiger partial charge in [-0.15, -0.1) is 0 Å². The van der Waals surface area contributed by atoms with Crippen molar-refractivity contribution in [3.8, 4) is 0 Å². The zero-order chi connectivity index (χ0) is 13.1. The lowest BCUT2D eigenvalue weighted by Crippen LogP contribution is -2.27. The summed E-state index contributed by atoms with van der Waals surface area (Å²) in [7, 11) is 1.74. The van der Waals surface area contributed by atoms with Crippen molar-refractivity contribution in [2.45, 2.75) is 6.54 Å². The van der Waals surface area contributed by atoms with E-state index >= 15 is 0 Å². The Kier molecular flexibility index (Phi) is 4.33. The first-order chi connectivity index (χ1) is 8.58. The van der Waals surface area contributed by atoms with Crippen LogP contribution < -0.4 is 0 Å². The third-order valence-electron chi connectivity index (χ3n) is 2.36. The Morgan fingerprint density at radius 1 is 1.56 bits per heavy atom. The van der Waals surface area contributed by atoms with Crippen LogP contribution >= 0.6 is 38.5 Å². The Hall–Kier alpha value is -0.960. The number of aromatic nitrogens is 3. The fourth-order valence-electron chi connectivity index (χ4n) is 1.47. The van der Waals surface area contributed by atoms with Crippen LogP contribution in [0.4, 0.5) is 0 Å². The van der Waals surface area contributed by atoms with Crippen LogP contribution in [0.2, 0.25) is 0 Å². The SMILES string of the molecule is CN(Cc1ncn[nH]1)C(=O)c1cc(Br)ccc1I. The van der Waals surface area contributed by atoms with Gasteiger partial charge in [0.2, 0.25) is 0 Å². The van der Waals surface area contributed by atoms with Crippen molar-refractivity contribution < 1.29 is 4.79 Å². The number of carbonyl (C=O) groups is 1. The molecule has 1 amide bonds. The van der Waals surface area contributed by atoms with E-state index < -0.39 is 0 Å². The fraction of sp³-hybridized carbons (Fsp3) is 0.182. The van der Waals surface area contributed by atoms with Crippen molar-refractivity contribution in [3.05, 3.63) is 44.0 Å². The lowest BCUT2D eigenvalue weighted by molar-refractivity contribution is 0.0780. The zero-order valence-corrected chi connectivity index (χ0v) is 13.3. The van der Waals surface area contributed by atoms with Gasteiger partial charge in [0.15, 0.2) is 0 Å². The second kappa shape index (κ2) is 5.79. The van der Waals surface area contributed by atoms with Crippen LogP contribution in [-0.2, 0) is 6.54 Å². The quantitative estimate of drug-likeness (QED) is 0.776. The summed E-state index contributed by atoms with van der Waals surface area (Å²) in [5.74, 6) is 0.618. The van der Waals surface area contributed by atoms with E-state index in [0.29, 0.717) is 17.9 Å². The topological polar surface area (TPSA) is 61.9 Å². The van der Waals surface area contributed by atoms with Gasteiger partial charge < -0.3 is 4.90 Å². The maximum absolute atomic E-state index is 12.3. The van der Waals surface area contributed by atoms with Crippen molar-refractivity contribution in [1.29, 1.82) is 0 Å². The van der Waals surface area contributed by atoms with Gasteiger partial charge in [0.05, 0.1) is 12.1 Å². The molecule has 1 aromatic carbocycles. The van der Waals surface area contributed by atoms with E-state index in [1.54, 1.807) is 11.9 Å². The van der Waals surface area contributed by atoms with Crippen LogP contribution in [0.15, 0.2) is 29.0 Å². The standard InChI is InChI=1S/C11H10BrIN4O/c1-17(5-10-14-6-15-16-10)11(18)8-4-7(12)2-3-9(8)13/h2-4,6H,5H2,1H3,(H,14,15,16). The summed E-state index contributed by atoms with van der Waals surface area (Å²) in [5.41, 5.74) is 0.673. The van der Waals surface area contributed by atoms with Gasteiger partial charge in [0.25, 0.3) is 5.91 Å². The summed E-state index contributed by atoms with van der Waals surface area (Å²) in [6, 6.07) is 5.64. The van der Waals surface area contributed by atoms with Crippen molar-refractivity contribution >= 4 is 44.4 Å². The summed E-state index contributed by atoms with van der Waals surface area (Å²) in [6.45, 7) is 0.404. The molecule has 1 N–H and O–H groups in total. The second-order valence-electron chi connectivity index (χ2n) is 3.72. The first-order valence-electron chi connectivity index (χ1n) is 5.12. The maximum Gasteiger partial charge on any atom is 0.255 e. The zero-order valence-electron chi connectivity index (χ0n) is 9.52. The molecule has 0 spiro atoms. The van der Waals surface area contributed by atoms with Gasteiger partial charge in [-0.1, -0.05) is 15.9 Å². The highest BCUT2D eigenvalue weighted by molar-refractivity contribution is 14.1. The Morgan fingerprint density at radius 3 is 3.00 bits per heavy atom. The molecular formula is C11H10BrIN4O. The van der Waals surface area contributed by atoms with Crippen molar-refractivity contribution in [2.24, 2.45) is 0 Å². The number of nitrogens with zero attached hydrogens (tertiary/aromatic N) is 3. The molecule has 7 heteroatoms. The average molecular weight is 421 g/mol. The summed E-state index contributed by atoms with van der Waals surface area (Å²) in [6.07, 6.45) is 1.43.